The third-order valence-corrected chi connectivity index (χ3v) is 4.23. The van der Waals surface area contributed by atoms with Crippen LogP contribution in [0.1, 0.15) is 21.6 Å². The van der Waals surface area contributed by atoms with Crippen molar-refractivity contribution < 1.29 is 9.63 Å². The van der Waals surface area contributed by atoms with Crippen LogP contribution in [0.3, 0.4) is 0 Å². The van der Waals surface area contributed by atoms with Gasteiger partial charge in [0, 0.05) is 47.7 Å². The summed E-state index contributed by atoms with van der Waals surface area (Å²) in [5.74, 6) is 0.184. The van der Waals surface area contributed by atoms with Crippen molar-refractivity contribution in [2.24, 2.45) is 5.16 Å². The van der Waals surface area contributed by atoms with Crippen molar-refractivity contribution in [3.63, 3.8) is 0 Å². The summed E-state index contributed by atoms with van der Waals surface area (Å²) in [5.41, 5.74) is 4.02. The number of nitriles is 1. The summed E-state index contributed by atoms with van der Waals surface area (Å²) in [6.07, 6.45) is 2.36. The van der Waals surface area contributed by atoms with Crippen molar-refractivity contribution in [2.75, 3.05) is 6.54 Å². The number of hydrogen-bond acceptors (Lipinski definition) is 5. The number of carbonyl (C=O) groups is 1. The lowest BCUT2D eigenvalue weighted by molar-refractivity contribution is 0.0946. The van der Waals surface area contributed by atoms with Crippen molar-refractivity contribution in [3.8, 4) is 23.2 Å². The molecule has 0 spiro atoms. The summed E-state index contributed by atoms with van der Waals surface area (Å²) in [6, 6.07) is 16.4. The van der Waals surface area contributed by atoms with Crippen molar-refractivity contribution in [3.05, 3.63) is 71.5 Å². The van der Waals surface area contributed by atoms with E-state index < -0.39 is 0 Å². The SMILES string of the molecule is N#C/C(=N/Oc1cc(-c2cc3c([nH]2)CCNC3=O)ccn1)c1ccccc1. The average Bonchev–Trinajstić information content (AvgIpc) is 3.15. The first-order chi connectivity index (χ1) is 13.2. The van der Waals surface area contributed by atoms with Gasteiger partial charge in [0.15, 0.2) is 5.71 Å². The van der Waals surface area contributed by atoms with E-state index >= 15 is 0 Å². The van der Waals surface area contributed by atoms with E-state index in [-0.39, 0.29) is 17.5 Å². The van der Waals surface area contributed by atoms with Crippen LogP contribution in [-0.4, -0.2) is 28.1 Å². The van der Waals surface area contributed by atoms with E-state index in [0.717, 1.165) is 23.4 Å². The zero-order chi connectivity index (χ0) is 18.6. The topological polar surface area (TPSA) is 103 Å². The lowest BCUT2D eigenvalue weighted by Gasteiger charge is -2.10. The fourth-order valence-corrected chi connectivity index (χ4v) is 2.90. The molecule has 7 heteroatoms. The normalized spacial score (nSPS) is 13.4. The third kappa shape index (κ3) is 3.41. The molecule has 2 aromatic heterocycles. The second kappa shape index (κ2) is 7.14. The van der Waals surface area contributed by atoms with Crippen LogP contribution < -0.4 is 10.2 Å². The number of oxime groups is 1. The highest BCUT2D eigenvalue weighted by molar-refractivity contribution is 6.11. The van der Waals surface area contributed by atoms with E-state index in [1.165, 1.54) is 0 Å². The molecule has 132 valence electrons. The summed E-state index contributed by atoms with van der Waals surface area (Å²) in [7, 11) is 0. The van der Waals surface area contributed by atoms with Crippen LogP contribution in [0.5, 0.6) is 5.88 Å². The Morgan fingerprint density at radius 2 is 2.07 bits per heavy atom. The maximum Gasteiger partial charge on any atom is 0.253 e. The van der Waals surface area contributed by atoms with Crippen molar-refractivity contribution in [1.29, 1.82) is 5.26 Å². The van der Waals surface area contributed by atoms with Gasteiger partial charge in [-0.25, -0.2) is 4.98 Å². The van der Waals surface area contributed by atoms with Gasteiger partial charge in [0.25, 0.3) is 5.91 Å². The monoisotopic (exact) mass is 357 g/mol. The van der Waals surface area contributed by atoms with Gasteiger partial charge in [-0.05, 0) is 12.1 Å². The number of amides is 1. The van der Waals surface area contributed by atoms with Crippen LogP contribution in [0.15, 0.2) is 59.9 Å². The highest BCUT2D eigenvalue weighted by atomic mass is 16.6. The first-order valence-electron chi connectivity index (χ1n) is 8.41. The Kier molecular flexibility index (Phi) is 4.37. The molecule has 0 aliphatic carbocycles. The molecule has 1 aliphatic heterocycles. The van der Waals surface area contributed by atoms with Gasteiger partial charge in [0.2, 0.25) is 5.88 Å². The zero-order valence-corrected chi connectivity index (χ0v) is 14.3. The standard InChI is InChI=1S/C20H15N5O2/c21-12-18(13-4-2-1-3-5-13)25-27-19-10-14(6-8-22-19)17-11-15-16(24-17)7-9-23-20(15)26/h1-6,8,10-11,24H,7,9H2,(H,23,26)/b25-18-. The summed E-state index contributed by atoms with van der Waals surface area (Å²) < 4.78 is 0. The molecule has 3 aromatic rings. The van der Waals surface area contributed by atoms with Crippen LogP contribution in [0.4, 0.5) is 0 Å². The summed E-state index contributed by atoms with van der Waals surface area (Å²) in [6.45, 7) is 0.627. The number of hydrogen-bond donors (Lipinski definition) is 2. The molecule has 0 saturated carbocycles. The molecule has 0 bridgehead atoms. The Morgan fingerprint density at radius 3 is 2.85 bits per heavy atom. The number of carbonyl (C=O) groups excluding carboxylic acids is 1. The maximum atomic E-state index is 11.9. The van der Waals surface area contributed by atoms with Gasteiger partial charge < -0.3 is 15.1 Å². The minimum absolute atomic E-state index is 0.0737. The molecule has 4 rings (SSSR count). The molecule has 27 heavy (non-hydrogen) atoms. The largest absolute Gasteiger partial charge is 0.358 e. The summed E-state index contributed by atoms with van der Waals surface area (Å²) in [5, 5.41) is 16.0. The Bertz CT molecular complexity index is 1060. The van der Waals surface area contributed by atoms with Gasteiger partial charge in [-0.1, -0.05) is 35.5 Å². The van der Waals surface area contributed by atoms with E-state index in [9.17, 15) is 10.1 Å². The lowest BCUT2D eigenvalue weighted by atomic mass is 10.1. The van der Waals surface area contributed by atoms with E-state index in [0.29, 0.717) is 17.7 Å². The lowest BCUT2D eigenvalue weighted by Crippen LogP contribution is -2.31. The molecule has 7 nitrogen and oxygen atoms in total. The van der Waals surface area contributed by atoms with Gasteiger partial charge in [0.1, 0.15) is 6.07 Å². The molecule has 3 heterocycles. The number of nitrogens with zero attached hydrogens (tertiary/aromatic N) is 3. The fraction of sp³-hybridized carbons (Fsp3) is 0.100. The van der Waals surface area contributed by atoms with Crippen LogP contribution in [0.25, 0.3) is 11.3 Å². The first kappa shape index (κ1) is 16.5. The van der Waals surface area contributed by atoms with E-state index in [2.05, 4.69) is 20.4 Å². The Hall–Kier alpha value is -3.92. The van der Waals surface area contributed by atoms with Gasteiger partial charge >= 0.3 is 0 Å². The Labute approximate surface area is 155 Å². The van der Waals surface area contributed by atoms with Gasteiger partial charge in [-0.3, -0.25) is 4.79 Å². The predicted molar refractivity (Wildman–Crippen MR) is 99.3 cm³/mol. The molecule has 0 unspecified atom stereocenters. The number of rotatable bonds is 4. The molecule has 0 atom stereocenters. The minimum Gasteiger partial charge on any atom is -0.358 e. The summed E-state index contributed by atoms with van der Waals surface area (Å²) >= 11 is 0. The number of H-pyrrole nitrogens is 1. The van der Waals surface area contributed by atoms with E-state index in [4.69, 9.17) is 4.84 Å². The molecule has 2 N–H and O–H groups in total. The molecular formula is C20H15N5O2. The highest BCUT2D eigenvalue weighted by Gasteiger charge is 2.20. The molecule has 1 aromatic carbocycles. The number of pyridine rings is 1. The second-order valence-corrected chi connectivity index (χ2v) is 5.97. The van der Waals surface area contributed by atoms with Gasteiger partial charge in [0.05, 0.1) is 5.56 Å². The van der Waals surface area contributed by atoms with Crippen LogP contribution in [-0.2, 0) is 6.42 Å². The zero-order valence-electron chi connectivity index (χ0n) is 14.3. The van der Waals surface area contributed by atoms with Crippen LogP contribution in [0.2, 0.25) is 0 Å². The number of fused-ring (bicyclic) bond motifs is 1. The van der Waals surface area contributed by atoms with Gasteiger partial charge in [-0.2, -0.15) is 5.26 Å². The minimum atomic E-state index is -0.0737. The molecule has 1 aliphatic rings. The molecular weight excluding hydrogens is 342 g/mol. The van der Waals surface area contributed by atoms with Crippen molar-refractivity contribution >= 4 is 11.6 Å². The molecule has 1 amide bonds. The predicted octanol–water partition coefficient (Wildman–Crippen LogP) is 2.67. The first-order valence-corrected chi connectivity index (χ1v) is 8.41. The Morgan fingerprint density at radius 1 is 1.22 bits per heavy atom. The van der Waals surface area contributed by atoms with Gasteiger partial charge in [-0.15, -0.1) is 0 Å². The number of aromatic amines is 1. The maximum absolute atomic E-state index is 11.9. The highest BCUT2D eigenvalue weighted by Crippen LogP contribution is 2.25. The number of aromatic nitrogens is 2. The van der Waals surface area contributed by atoms with Crippen LogP contribution in [0, 0.1) is 11.3 Å². The smallest absolute Gasteiger partial charge is 0.253 e. The molecule has 0 fully saturated rings. The van der Waals surface area contributed by atoms with E-state index in [1.807, 2.05) is 36.4 Å². The number of nitrogens with one attached hydrogen (secondary N) is 2. The molecule has 0 saturated heterocycles. The van der Waals surface area contributed by atoms with Crippen LogP contribution >= 0.6 is 0 Å². The summed E-state index contributed by atoms with van der Waals surface area (Å²) in [4.78, 5) is 24.7. The van der Waals surface area contributed by atoms with Crippen molar-refractivity contribution in [1.82, 2.24) is 15.3 Å². The quantitative estimate of drug-likeness (QED) is 0.553. The van der Waals surface area contributed by atoms with Crippen molar-refractivity contribution in [2.45, 2.75) is 6.42 Å². The van der Waals surface area contributed by atoms with E-state index in [1.54, 1.807) is 24.4 Å². The Balaban J connectivity index is 1.59. The molecule has 0 radical (unpaired) electrons. The average molecular weight is 357 g/mol. The fourth-order valence-electron chi connectivity index (χ4n) is 2.90. The second-order valence-electron chi connectivity index (χ2n) is 5.97. The number of benzene rings is 1. The third-order valence-electron chi connectivity index (χ3n) is 4.23.